The Labute approximate surface area is 108 Å². The summed E-state index contributed by atoms with van der Waals surface area (Å²) in [6, 6.07) is 3.04. The van der Waals surface area contributed by atoms with Crippen molar-refractivity contribution < 1.29 is 8.42 Å². The number of nitrogens with zero attached hydrogens (tertiary/aromatic N) is 3. The lowest BCUT2D eigenvalue weighted by atomic mass is 10.4. The molecule has 0 aliphatic heterocycles. The zero-order chi connectivity index (χ0) is 13.8. The first-order valence-corrected chi connectivity index (χ1v) is 7.11. The lowest BCUT2D eigenvalue weighted by molar-refractivity contribution is 0.370. The molecule has 7 heteroatoms. The summed E-state index contributed by atoms with van der Waals surface area (Å²) >= 11 is 0. The van der Waals surface area contributed by atoms with Crippen LogP contribution < -0.4 is 5.73 Å². The van der Waals surface area contributed by atoms with E-state index in [1.54, 1.807) is 13.1 Å². The minimum atomic E-state index is -3.54. The molecule has 0 aliphatic rings. The van der Waals surface area contributed by atoms with Crippen molar-refractivity contribution in [1.29, 1.82) is 0 Å². The quantitative estimate of drug-likeness (QED) is 0.802. The fourth-order valence-corrected chi connectivity index (χ4v) is 2.79. The number of nitrogens with two attached hydrogens (primary N) is 1. The van der Waals surface area contributed by atoms with Crippen LogP contribution in [0.2, 0.25) is 0 Å². The van der Waals surface area contributed by atoms with Crippen molar-refractivity contribution in [1.82, 2.24) is 14.2 Å². The van der Waals surface area contributed by atoms with Crippen LogP contribution in [0.4, 0.5) is 5.82 Å². The summed E-state index contributed by atoms with van der Waals surface area (Å²) in [5.74, 6) is 0.0389. The number of anilines is 1. The molecular weight excluding hydrogens is 252 g/mol. The van der Waals surface area contributed by atoms with E-state index >= 15 is 0 Å². The minimum Gasteiger partial charge on any atom is -0.383 e. The monoisotopic (exact) mass is 272 g/mol. The number of nitrogen functional groups attached to an aromatic ring is 1. The van der Waals surface area contributed by atoms with Crippen molar-refractivity contribution in [2.45, 2.75) is 11.3 Å². The predicted octanol–water partition coefficient (Wildman–Crippen LogP) is 0.236. The molecule has 1 rings (SSSR count). The first kappa shape index (κ1) is 14.9. The maximum Gasteiger partial charge on any atom is 0.246 e. The summed E-state index contributed by atoms with van der Waals surface area (Å²) in [5.41, 5.74) is 5.60. The van der Waals surface area contributed by atoms with Gasteiger partial charge < -0.3 is 10.6 Å². The standard InChI is InChI=1S/C11H20N4O2S/c1-14(2)8-5-9-15(3)18(16,17)10-6-4-7-13-11(10)12/h4,6-7H,5,8-9H2,1-3H3,(H2,12,13). The molecule has 0 unspecified atom stereocenters. The highest BCUT2D eigenvalue weighted by molar-refractivity contribution is 7.89. The van der Waals surface area contributed by atoms with Crippen molar-refractivity contribution in [3.8, 4) is 0 Å². The Morgan fingerprint density at radius 3 is 2.50 bits per heavy atom. The fraction of sp³-hybridized carbons (Fsp3) is 0.545. The summed E-state index contributed by atoms with van der Waals surface area (Å²) in [5, 5.41) is 0. The van der Waals surface area contributed by atoms with Crippen LogP contribution in [0, 0.1) is 0 Å². The van der Waals surface area contributed by atoms with Crippen LogP contribution in [0.15, 0.2) is 23.2 Å². The smallest absolute Gasteiger partial charge is 0.246 e. The Bertz CT molecular complexity index is 488. The average molecular weight is 272 g/mol. The van der Waals surface area contributed by atoms with Crippen molar-refractivity contribution >= 4 is 15.8 Å². The van der Waals surface area contributed by atoms with Gasteiger partial charge in [-0.3, -0.25) is 0 Å². The van der Waals surface area contributed by atoms with E-state index < -0.39 is 10.0 Å². The average Bonchev–Trinajstić information content (AvgIpc) is 2.28. The molecular formula is C11H20N4O2S. The molecule has 18 heavy (non-hydrogen) atoms. The number of hydrogen-bond acceptors (Lipinski definition) is 5. The summed E-state index contributed by atoms with van der Waals surface area (Å²) < 4.78 is 25.8. The van der Waals surface area contributed by atoms with Gasteiger partial charge in [0.2, 0.25) is 10.0 Å². The third kappa shape index (κ3) is 3.66. The molecule has 0 saturated carbocycles. The third-order valence-electron chi connectivity index (χ3n) is 2.57. The van der Waals surface area contributed by atoms with E-state index in [0.717, 1.165) is 13.0 Å². The van der Waals surface area contributed by atoms with Crippen molar-refractivity contribution in [2.75, 3.05) is 40.0 Å². The van der Waals surface area contributed by atoms with E-state index in [1.165, 1.54) is 16.6 Å². The van der Waals surface area contributed by atoms with Crippen LogP contribution in [-0.4, -0.2) is 56.8 Å². The van der Waals surface area contributed by atoms with Gasteiger partial charge in [0.05, 0.1) is 0 Å². The van der Waals surface area contributed by atoms with Gasteiger partial charge in [-0.25, -0.2) is 17.7 Å². The molecule has 1 aromatic heterocycles. The van der Waals surface area contributed by atoms with Gasteiger partial charge in [0.15, 0.2) is 0 Å². The summed E-state index contributed by atoms with van der Waals surface area (Å²) in [6.45, 7) is 1.29. The van der Waals surface area contributed by atoms with Crippen molar-refractivity contribution in [2.24, 2.45) is 0 Å². The van der Waals surface area contributed by atoms with Crippen molar-refractivity contribution in [3.63, 3.8) is 0 Å². The van der Waals surface area contributed by atoms with E-state index in [1.807, 2.05) is 19.0 Å². The predicted molar refractivity (Wildman–Crippen MR) is 71.6 cm³/mol. The lowest BCUT2D eigenvalue weighted by Gasteiger charge is -2.18. The van der Waals surface area contributed by atoms with E-state index in [0.29, 0.717) is 6.54 Å². The fourth-order valence-electron chi connectivity index (χ4n) is 1.52. The van der Waals surface area contributed by atoms with E-state index in [2.05, 4.69) is 4.98 Å². The number of aromatic nitrogens is 1. The Morgan fingerprint density at radius 1 is 1.28 bits per heavy atom. The molecule has 0 aromatic carbocycles. The summed E-state index contributed by atoms with van der Waals surface area (Å²) in [4.78, 5) is 5.88. The van der Waals surface area contributed by atoms with Gasteiger partial charge in [-0.2, -0.15) is 0 Å². The zero-order valence-corrected chi connectivity index (χ0v) is 11.8. The van der Waals surface area contributed by atoms with Crippen LogP contribution >= 0.6 is 0 Å². The zero-order valence-electron chi connectivity index (χ0n) is 11.0. The molecule has 0 amide bonds. The molecule has 0 saturated heterocycles. The molecule has 102 valence electrons. The highest BCUT2D eigenvalue weighted by Gasteiger charge is 2.23. The van der Waals surface area contributed by atoms with Gasteiger partial charge in [-0.1, -0.05) is 0 Å². The summed E-state index contributed by atoms with van der Waals surface area (Å²) in [7, 11) is 1.92. The van der Waals surface area contributed by atoms with Crippen LogP contribution in [0.1, 0.15) is 6.42 Å². The number of hydrogen-bond donors (Lipinski definition) is 1. The molecule has 0 spiro atoms. The molecule has 0 aliphatic carbocycles. The molecule has 6 nitrogen and oxygen atoms in total. The summed E-state index contributed by atoms with van der Waals surface area (Å²) in [6.07, 6.45) is 2.24. The third-order valence-corrected chi connectivity index (χ3v) is 4.47. The van der Waals surface area contributed by atoms with Crippen LogP contribution in [0.25, 0.3) is 0 Å². The van der Waals surface area contributed by atoms with Crippen molar-refractivity contribution in [3.05, 3.63) is 18.3 Å². The normalized spacial score (nSPS) is 12.3. The van der Waals surface area contributed by atoms with Gasteiger partial charge in [-0.15, -0.1) is 0 Å². The first-order chi connectivity index (χ1) is 8.35. The molecule has 0 radical (unpaired) electrons. The van der Waals surface area contributed by atoms with E-state index in [-0.39, 0.29) is 10.7 Å². The molecule has 2 N–H and O–H groups in total. The highest BCUT2D eigenvalue weighted by Crippen LogP contribution is 2.18. The van der Waals surface area contributed by atoms with Gasteiger partial charge in [0, 0.05) is 19.8 Å². The van der Waals surface area contributed by atoms with Crippen LogP contribution in [-0.2, 0) is 10.0 Å². The maximum atomic E-state index is 12.2. The van der Waals surface area contributed by atoms with Crippen LogP contribution in [0.3, 0.4) is 0 Å². The molecule has 1 heterocycles. The van der Waals surface area contributed by atoms with E-state index in [9.17, 15) is 8.42 Å². The highest BCUT2D eigenvalue weighted by atomic mass is 32.2. The van der Waals surface area contributed by atoms with Gasteiger partial charge in [0.1, 0.15) is 10.7 Å². The van der Waals surface area contributed by atoms with Crippen LogP contribution in [0.5, 0.6) is 0 Å². The molecule has 0 bridgehead atoms. The van der Waals surface area contributed by atoms with Gasteiger partial charge >= 0.3 is 0 Å². The second-order valence-electron chi connectivity index (χ2n) is 4.37. The van der Waals surface area contributed by atoms with Gasteiger partial charge in [-0.05, 0) is 39.2 Å². The molecule has 0 atom stereocenters. The SMILES string of the molecule is CN(C)CCCN(C)S(=O)(=O)c1cccnc1N. The first-order valence-electron chi connectivity index (χ1n) is 5.67. The Morgan fingerprint density at radius 2 is 1.94 bits per heavy atom. The Hall–Kier alpha value is -1.18. The lowest BCUT2D eigenvalue weighted by Crippen LogP contribution is -2.30. The number of pyridine rings is 1. The second kappa shape index (κ2) is 6.12. The largest absolute Gasteiger partial charge is 0.383 e. The molecule has 0 fully saturated rings. The number of rotatable bonds is 6. The van der Waals surface area contributed by atoms with E-state index in [4.69, 9.17) is 5.73 Å². The Balaban J connectivity index is 2.78. The minimum absolute atomic E-state index is 0.0389. The maximum absolute atomic E-state index is 12.2. The second-order valence-corrected chi connectivity index (χ2v) is 6.38. The van der Waals surface area contributed by atoms with Gasteiger partial charge in [0.25, 0.3) is 0 Å². The topological polar surface area (TPSA) is 79.5 Å². The number of sulfonamides is 1. The Kier molecular flexibility index (Phi) is 5.06. The molecule has 1 aromatic rings.